The van der Waals surface area contributed by atoms with E-state index in [1.54, 1.807) is 125 Å². The number of imide groups is 2. The largest absolute Gasteiger partial charge is 0.343 e. The number of aromatic nitrogens is 1. The zero-order valence-electron chi connectivity index (χ0n) is 72.2. The topological polar surface area (TPSA) is 149 Å². The number of urea groups is 1. The fourth-order valence-electron chi connectivity index (χ4n) is 19.1. The molecule has 0 unspecified atom stereocenters. The third-order valence-electron chi connectivity index (χ3n) is 25.7. The average Bonchev–Trinajstić information content (AvgIpc) is 1.58. The van der Waals surface area contributed by atoms with Crippen LogP contribution in [0.2, 0.25) is 0 Å². The van der Waals surface area contributed by atoms with Gasteiger partial charge in [-0.15, -0.1) is 34.0 Å². The van der Waals surface area contributed by atoms with Crippen molar-refractivity contribution in [3.63, 3.8) is 0 Å². The summed E-state index contributed by atoms with van der Waals surface area (Å²) in [6.07, 6.45) is 7.13. The Hall–Kier alpha value is -15.7. The quantitative estimate of drug-likeness (QED) is 0.0756. The summed E-state index contributed by atoms with van der Waals surface area (Å²) < 4.78 is 0. The Balaban J connectivity index is 0.000000119. The molecule has 18 aromatic rings. The molecule has 13 nitrogen and oxygen atoms in total. The summed E-state index contributed by atoms with van der Waals surface area (Å²) in [5.74, 6) is -1.69. The molecule has 1 saturated heterocycles. The molecular formula is C115H82N6O7S3. The van der Waals surface area contributed by atoms with Crippen LogP contribution in [-0.2, 0) is 25.8 Å². The fourth-order valence-corrected chi connectivity index (χ4v) is 22.9. The maximum absolute atomic E-state index is 14.0. The van der Waals surface area contributed by atoms with Crippen molar-refractivity contribution in [1.29, 1.82) is 0 Å². The second kappa shape index (κ2) is 32.9. The smallest absolute Gasteiger partial charge is 0.310 e. The molecule has 1 aliphatic heterocycles. The zero-order valence-corrected chi connectivity index (χ0v) is 74.7. The van der Waals surface area contributed by atoms with E-state index in [-0.39, 0.29) is 55.0 Å². The molecule has 0 bridgehead atoms. The molecule has 1 fully saturated rings. The molecule has 632 valence electrons. The number of carbonyl (C=O) groups is 5. The highest BCUT2D eigenvalue weighted by atomic mass is 32.1. The summed E-state index contributed by atoms with van der Waals surface area (Å²) in [4.78, 5) is 115. The number of barbiturate groups is 1. The molecule has 23 rings (SSSR count). The van der Waals surface area contributed by atoms with Crippen LogP contribution in [0.5, 0.6) is 0 Å². The highest BCUT2D eigenvalue weighted by molar-refractivity contribution is 7.17. The lowest BCUT2D eigenvalue weighted by Crippen LogP contribution is -2.57. The van der Waals surface area contributed by atoms with Crippen molar-refractivity contribution >= 4 is 166 Å². The number of carbonyl (C=O) groups excluding carboxylic acids is 5. The minimum absolute atomic E-state index is 0.0676. The van der Waals surface area contributed by atoms with E-state index in [0.29, 0.717) is 33.3 Å². The standard InChI is InChI=1S/C42H31N3O3S.C39H27NO2S.C34H24N2O2S/c1-42(2)36-25-32(43(28-15-7-3-8-16-28)29-17-9-4-10-18-29)23-24-34(36)38-37(42)27-33(49-38)26-35-39(46)44(30-19-11-5-12-20-30)41(48)45(40(35)47)31-21-13-6-14-22-31;1-39(2)33-21-27(40(25-13-5-3-6-14-25)26-15-7-4-8-16-26)19-20-29(33)38-34(39)23-28(43-38)22-32-36(41)30-17-9-11-24-12-10-18-31(35(24)30)37(32)42;1-34(2)28-17-23(36(21-11-5-3-6-12-21)22-13-7-4-8-14-22)20-35-30(28)33-29(34)19-24(39-33)18-27-31(37)25-15-9-10-16-26(25)32(27)38/h3-27H,1-2H3;3-23H,1-2H3;3-20H,1-2H3. The Morgan fingerprint density at radius 2 is 0.618 bits per heavy atom. The number of amides is 4. The Labute approximate surface area is 769 Å². The number of allylic oxidation sites excluding steroid dienone is 1. The van der Waals surface area contributed by atoms with Gasteiger partial charge in [0.25, 0.3) is 11.8 Å². The number of anilines is 11. The van der Waals surface area contributed by atoms with Crippen molar-refractivity contribution in [2.45, 2.75) is 57.8 Å². The first-order valence-electron chi connectivity index (χ1n) is 43.4. The Morgan fingerprint density at radius 1 is 0.290 bits per heavy atom. The molecule has 0 radical (unpaired) electrons. The number of benzene rings is 14. The number of nitrogens with zero attached hydrogens (tertiary/aromatic N) is 6. The van der Waals surface area contributed by atoms with Gasteiger partial charge in [0.05, 0.1) is 44.6 Å². The number of ketones is 2. The highest BCUT2D eigenvalue weighted by Crippen LogP contribution is 2.58. The van der Waals surface area contributed by atoms with E-state index in [1.807, 2.05) is 140 Å². The van der Waals surface area contributed by atoms with Gasteiger partial charge in [0.15, 0.2) is 22.4 Å². The Bertz CT molecular complexity index is 7630. The molecular weight excluding hydrogens is 1670 g/mol. The number of thiophene rings is 3. The van der Waals surface area contributed by atoms with Crippen LogP contribution in [0.15, 0.2) is 391 Å². The molecule has 14 aromatic carbocycles. The van der Waals surface area contributed by atoms with Gasteiger partial charge in [-0.05, 0) is 214 Å². The molecule has 131 heavy (non-hydrogen) atoms. The molecule has 4 aliphatic carbocycles. The first-order valence-corrected chi connectivity index (χ1v) is 45.8. The average molecular weight is 1760 g/mol. The van der Waals surface area contributed by atoms with Gasteiger partial charge in [0.1, 0.15) is 5.57 Å². The van der Waals surface area contributed by atoms with Crippen LogP contribution in [-0.4, -0.2) is 34.4 Å². The summed E-state index contributed by atoms with van der Waals surface area (Å²) in [7, 11) is 0. The number of hydrogen-bond donors (Lipinski definition) is 0. The second-order valence-corrected chi connectivity index (χ2v) is 37.9. The summed E-state index contributed by atoms with van der Waals surface area (Å²) in [6.45, 7) is 13.4. The van der Waals surface area contributed by atoms with E-state index in [4.69, 9.17) is 4.98 Å². The summed E-state index contributed by atoms with van der Waals surface area (Å²) >= 11 is 4.79. The van der Waals surface area contributed by atoms with Crippen LogP contribution in [0, 0.1) is 0 Å². The van der Waals surface area contributed by atoms with Crippen LogP contribution >= 0.6 is 34.0 Å². The van der Waals surface area contributed by atoms with E-state index in [9.17, 15) is 33.6 Å². The van der Waals surface area contributed by atoms with Crippen molar-refractivity contribution < 1.29 is 24.0 Å². The van der Waals surface area contributed by atoms with Crippen LogP contribution in [0.4, 0.5) is 67.4 Å². The molecule has 0 spiro atoms. The number of hydrogen-bond acceptors (Lipinski definition) is 14. The first kappa shape index (κ1) is 82.3. The van der Waals surface area contributed by atoms with E-state index in [1.165, 1.54) is 32.7 Å². The molecule has 0 N–H and O–H groups in total. The lowest BCUT2D eigenvalue weighted by Gasteiger charge is -2.33. The van der Waals surface area contributed by atoms with Crippen LogP contribution in [0.25, 0.3) is 71.2 Å². The van der Waals surface area contributed by atoms with Gasteiger partial charge in [-0.1, -0.05) is 260 Å². The number of fused-ring (bicyclic) bond motifs is 10. The molecule has 0 saturated carbocycles. The summed E-state index contributed by atoms with van der Waals surface area (Å²) in [5, 5.41) is 3.12. The van der Waals surface area contributed by atoms with Gasteiger partial charge in [-0.2, -0.15) is 0 Å². The fraction of sp³-hybridized carbons (Fsp3) is 0.0783. The van der Waals surface area contributed by atoms with Crippen molar-refractivity contribution in [2.24, 2.45) is 0 Å². The van der Waals surface area contributed by atoms with Gasteiger partial charge >= 0.3 is 6.03 Å². The third kappa shape index (κ3) is 14.2. The van der Waals surface area contributed by atoms with Crippen LogP contribution in [0.1, 0.15) is 110 Å². The lowest BCUT2D eigenvalue weighted by atomic mass is 9.82. The summed E-state index contributed by atoms with van der Waals surface area (Å²) in [6, 6.07) is 119. The van der Waals surface area contributed by atoms with Gasteiger partial charge in [0, 0.05) is 113 Å². The van der Waals surface area contributed by atoms with Gasteiger partial charge in [-0.3, -0.25) is 33.8 Å². The van der Waals surface area contributed by atoms with Gasteiger partial charge in [0.2, 0.25) is 0 Å². The molecule has 0 atom stereocenters. The Morgan fingerprint density at radius 3 is 1.02 bits per heavy atom. The van der Waals surface area contributed by atoms with Gasteiger partial charge in [-0.25, -0.2) is 14.6 Å². The number of para-hydroxylation sites is 8. The van der Waals surface area contributed by atoms with Gasteiger partial charge < -0.3 is 14.7 Å². The second-order valence-electron chi connectivity index (χ2n) is 34.6. The van der Waals surface area contributed by atoms with E-state index in [0.717, 1.165) is 119 Å². The maximum Gasteiger partial charge on any atom is 0.343 e. The number of Topliss-reactive ketones (excluding diaryl/α,β-unsaturated/α-hetero) is 2. The minimum atomic E-state index is -0.705. The SMILES string of the molecule is CC1(C)c2cc(N(c3ccccc3)c3ccccc3)ccc2-c2sc(C=C3C(=O)N(c4ccccc4)C(=O)N(c4ccccc4)C3=O)cc21.CC1(C)c2cc(N(c3ccccc3)c3ccccc3)ccc2-c2sc(C=c3c(=O)c4cccc5cccc(c3=O)c54)cc21.CC1(C)c2cc(N(c3ccccc3)c3ccccc3)cnc2-c2sc(C=C3C(=O)c4ccccc4C3=O)cc21. The number of pyridine rings is 1. The van der Waals surface area contributed by atoms with E-state index >= 15 is 0 Å². The monoisotopic (exact) mass is 1750 g/mol. The predicted octanol–water partition coefficient (Wildman–Crippen LogP) is 27.0. The first-order chi connectivity index (χ1) is 63.7. The third-order valence-corrected chi connectivity index (χ3v) is 29.0. The molecule has 4 aromatic heterocycles. The molecule has 4 amide bonds. The van der Waals surface area contributed by atoms with Crippen molar-refractivity contribution in [2.75, 3.05) is 24.5 Å². The normalized spacial score (nSPS) is 14.3. The minimum Gasteiger partial charge on any atom is -0.310 e. The van der Waals surface area contributed by atoms with Crippen molar-refractivity contribution in [3.05, 3.63) is 466 Å². The summed E-state index contributed by atoms with van der Waals surface area (Å²) in [5.41, 5.74) is 20.8. The molecule has 5 aliphatic rings. The van der Waals surface area contributed by atoms with Crippen molar-refractivity contribution in [1.82, 2.24) is 4.98 Å². The van der Waals surface area contributed by atoms with Crippen LogP contribution in [0.3, 0.4) is 0 Å². The lowest BCUT2D eigenvalue weighted by molar-refractivity contribution is -0.121. The maximum atomic E-state index is 14.0. The zero-order chi connectivity index (χ0) is 89.7. The van der Waals surface area contributed by atoms with E-state index in [2.05, 4.69) is 214 Å². The number of rotatable bonds is 14. The molecule has 16 heteroatoms. The Kier molecular flexibility index (Phi) is 20.6. The van der Waals surface area contributed by atoms with Crippen LogP contribution < -0.4 is 40.6 Å². The highest BCUT2D eigenvalue weighted by Gasteiger charge is 2.46. The predicted molar refractivity (Wildman–Crippen MR) is 536 cm³/mol. The van der Waals surface area contributed by atoms with E-state index < -0.39 is 17.8 Å². The van der Waals surface area contributed by atoms with Crippen molar-refractivity contribution in [3.8, 4) is 31.5 Å². The molecule has 5 heterocycles.